The number of allylic oxidation sites excluding steroid dienone is 12. The molecule has 0 spiro atoms. The molecule has 3 atom stereocenters. The summed E-state index contributed by atoms with van der Waals surface area (Å²) >= 11 is 0. The third kappa shape index (κ3) is 7.45. The van der Waals surface area contributed by atoms with Gasteiger partial charge in [-0.1, -0.05) is 170 Å². The fourth-order valence-electron chi connectivity index (χ4n) is 10.9. The quantitative estimate of drug-likeness (QED) is 0.144. The molecule has 7 aromatic rings. The van der Waals surface area contributed by atoms with E-state index in [1.165, 1.54) is 50.1 Å². The van der Waals surface area contributed by atoms with Gasteiger partial charge in [0.2, 0.25) is 0 Å². The lowest BCUT2D eigenvalue weighted by atomic mass is 9.59. The molecule has 0 aliphatic heterocycles. The maximum Gasteiger partial charge on any atom is 0.0991 e. The van der Waals surface area contributed by atoms with Crippen LogP contribution in [-0.2, 0) is 5.41 Å². The molecule has 318 valence electrons. The van der Waals surface area contributed by atoms with Crippen molar-refractivity contribution in [1.29, 1.82) is 5.26 Å². The molecular weight excluding hydrogens is 799 g/mol. The molecule has 0 fully saturated rings. The first-order valence-electron chi connectivity index (χ1n) is 23.4. The predicted octanol–water partition coefficient (Wildman–Crippen LogP) is 16.7. The summed E-state index contributed by atoms with van der Waals surface area (Å²) in [5, 5.41) is 16.9. The molecule has 0 saturated heterocycles. The first-order valence-corrected chi connectivity index (χ1v) is 23.4. The number of hydrogen-bond acceptors (Lipinski definition) is 3. The lowest BCUT2D eigenvalue weighted by Gasteiger charge is -2.43. The first-order chi connectivity index (χ1) is 32.6. The van der Waals surface area contributed by atoms with Gasteiger partial charge in [0.1, 0.15) is 0 Å². The molecule has 7 aromatic carbocycles. The number of nitriles is 1. The average molecular weight is 850 g/mol. The van der Waals surface area contributed by atoms with Gasteiger partial charge in [-0.2, -0.15) is 5.26 Å². The highest BCUT2D eigenvalue weighted by molar-refractivity contribution is 5.92. The first kappa shape index (κ1) is 40.8. The Hall–Kier alpha value is -7.93. The maximum absolute atomic E-state index is 9.35. The fourth-order valence-corrected chi connectivity index (χ4v) is 10.9. The second-order valence-electron chi connectivity index (χ2n) is 18.1. The number of fused-ring (bicyclic) bond motifs is 3. The van der Waals surface area contributed by atoms with Crippen LogP contribution in [0.5, 0.6) is 0 Å². The molecule has 0 heterocycles. The second kappa shape index (κ2) is 17.6. The Balaban J connectivity index is 0.958. The van der Waals surface area contributed by atoms with Gasteiger partial charge >= 0.3 is 0 Å². The number of anilines is 4. The standard InChI is InChI=1S/C63H51N3/c1-43-15-13-18-49(39-43)58-41-48(47-31-37-60(57(40-47)45-16-5-2-6-17-45)65-52-33-27-44(42-64)28-34-52)32-38-61(58)66-53-35-29-46(30-36-53)54-24-14-25-56-55-23-11-12-26-59(55)63(62(54)56,50-19-7-3-8-20-50)51-21-9-4-10-22-51/h2-9,11-19,21,23-38,40-41,43,50,65-66H,10,20,22,39H2,1H3. The molecule has 0 aromatic heterocycles. The molecular formula is C63H51N3. The van der Waals surface area contributed by atoms with Crippen molar-refractivity contribution in [1.82, 2.24) is 0 Å². The second-order valence-corrected chi connectivity index (χ2v) is 18.1. The number of rotatable bonds is 10. The summed E-state index contributed by atoms with van der Waals surface area (Å²) < 4.78 is 0. The number of hydrogen-bond donors (Lipinski definition) is 2. The van der Waals surface area contributed by atoms with E-state index in [0.717, 1.165) is 70.7 Å². The third-order valence-electron chi connectivity index (χ3n) is 14.0. The largest absolute Gasteiger partial charge is 0.355 e. The molecule has 3 nitrogen and oxygen atoms in total. The highest BCUT2D eigenvalue weighted by Crippen LogP contribution is 2.61. The molecule has 4 aliphatic rings. The van der Waals surface area contributed by atoms with Gasteiger partial charge < -0.3 is 10.6 Å². The van der Waals surface area contributed by atoms with Crippen LogP contribution in [0.3, 0.4) is 0 Å². The molecule has 0 bridgehead atoms. The van der Waals surface area contributed by atoms with Crippen molar-refractivity contribution < 1.29 is 0 Å². The van der Waals surface area contributed by atoms with Gasteiger partial charge in [0.05, 0.1) is 11.6 Å². The van der Waals surface area contributed by atoms with Crippen LogP contribution < -0.4 is 10.6 Å². The Morgan fingerprint density at radius 3 is 1.92 bits per heavy atom. The molecule has 4 aliphatic carbocycles. The monoisotopic (exact) mass is 849 g/mol. The van der Waals surface area contributed by atoms with Gasteiger partial charge in [-0.3, -0.25) is 0 Å². The zero-order valence-corrected chi connectivity index (χ0v) is 37.2. The van der Waals surface area contributed by atoms with E-state index in [2.05, 4.69) is 218 Å². The van der Waals surface area contributed by atoms with Crippen molar-refractivity contribution in [2.75, 3.05) is 10.6 Å². The van der Waals surface area contributed by atoms with E-state index in [0.29, 0.717) is 17.4 Å². The summed E-state index contributed by atoms with van der Waals surface area (Å²) in [6.07, 6.45) is 27.2. The molecule has 0 saturated carbocycles. The minimum atomic E-state index is -0.259. The third-order valence-corrected chi connectivity index (χ3v) is 14.0. The van der Waals surface area contributed by atoms with Gasteiger partial charge in [0, 0.05) is 39.3 Å². The van der Waals surface area contributed by atoms with E-state index in [4.69, 9.17) is 0 Å². The van der Waals surface area contributed by atoms with Gasteiger partial charge in [0.15, 0.2) is 0 Å². The SMILES string of the molecule is CC1C=CC=C(c2cc(-c3ccc(Nc4ccc(C#N)cc4)c(-c4ccccc4)c3)ccc2Nc2ccc(-c3cccc4c3C(C3=CC=CCC3)(C3C=CC=CC3)c3ccccc3-4)cc2)C1. The Bertz CT molecular complexity index is 3210. The van der Waals surface area contributed by atoms with Crippen LogP contribution in [0.2, 0.25) is 0 Å². The Morgan fingerprint density at radius 2 is 1.21 bits per heavy atom. The Morgan fingerprint density at radius 1 is 0.545 bits per heavy atom. The Kier molecular flexibility index (Phi) is 10.9. The lowest BCUT2D eigenvalue weighted by molar-refractivity contribution is 0.436. The van der Waals surface area contributed by atoms with E-state index in [1.807, 2.05) is 24.3 Å². The number of nitrogens with one attached hydrogen (secondary N) is 2. The van der Waals surface area contributed by atoms with Crippen molar-refractivity contribution in [2.45, 2.75) is 38.0 Å². The van der Waals surface area contributed by atoms with Crippen LogP contribution in [0, 0.1) is 23.2 Å². The van der Waals surface area contributed by atoms with Crippen molar-refractivity contribution in [2.24, 2.45) is 11.8 Å². The van der Waals surface area contributed by atoms with E-state index >= 15 is 0 Å². The van der Waals surface area contributed by atoms with Gasteiger partial charge in [-0.15, -0.1) is 0 Å². The highest BCUT2D eigenvalue weighted by atomic mass is 14.9. The average Bonchev–Trinajstić information content (AvgIpc) is 3.69. The smallest absolute Gasteiger partial charge is 0.0991 e. The number of benzene rings is 7. The summed E-state index contributed by atoms with van der Waals surface area (Å²) in [6.45, 7) is 2.29. The molecule has 66 heavy (non-hydrogen) atoms. The zero-order valence-electron chi connectivity index (χ0n) is 37.2. The molecule has 2 N–H and O–H groups in total. The normalized spacial score (nSPS) is 19.0. The summed E-state index contributed by atoms with van der Waals surface area (Å²) in [4.78, 5) is 0. The van der Waals surface area contributed by atoms with Crippen LogP contribution in [0.1, 0.15) is 54.9 Å². The van der Waals surface area contributed by atoms with Crippen LogP contribution >= 0.6 is 0 Å². The Labute approximate surface area is 389 Å². The minimum Gasteiger partial charge on any atom is -0.355 e. The van der Waals surface area contributed by atoms with E-state index in [-0.39, 0.29) is 5.41 Å². The summed E-state index contributed by atoms with van der Waals surface area (Å²) in [7, 11) is 0. The van der Waals surface area contributed by atoms with Gasteiger partial charge in [-0.05, 0) is 154 Å². The molecule has 0 radical (unpaired) electrons. The van der Waals surface area contributed by atoms with Crippen molar-refractivity contribution in [3.8, 4) is 50.6 Å². The van der Waals surface area contributed by atoms with Crippen LogP contribution in [0.4, 0.5) is 22.7 Å². The molecule has 3 unspecified atom stereocenters. The molecule has 3 heteroatoms. The van der Waals surface area contributed by atoms with Crippen LogP contribution in [-0.4, -0.2) is 0 Å². The number of nitrogens with zero attached hydrogens (tertiary/aromatic N) is 1. The van der Waals surface area contributed by atoms with Crippen molar-refractivity contribution in [3.63, 3.8) is 0 Å². The predicted molar refractivity (Wildman–Crippen MR) is 277 cm³/mol. The van der Waals surface area contributed by atoms with Gasteiger partial charge in [-0.25, -0.2) is 0 Å². The van der Waals surface area contributed by atoms with E-state index in [1.54, 1.807) is 0 Å². The minimum absolute atomic E-state index is 0.259. The van der Waals surface area contributed by atoms with E-state index in [9.17, 15) is 5.26 Å². The lowest BCUT2D eigenvalue weighted by Crippen LogP contribution is -2.37. The van der Waals surface area contributed by atoms with Gasteiger partial charge in [0.25, 0.3) is 0 Å². The van der Waals surface area contributed by atoms with E-state index < -0.39 is 0 Å². The summed E-state index contributed by atoms with van der Waals surface area (Å²) in [5.41, 5.74) is 21.2. The maximum atomic E-state index is 9.35. The van der Waals surface area contributed by atoms with Crippen molar-refractivity contribution in [3.05, 3.63) is 246 Å². The van der Waals surface area contributed by atoms with Crippen LogP contribution in [0.25, 0.3) is 50.1 Å². The zero-order chi connectivity index (χ0) is 44.5. The fraction of sp³-hybridized carbons (Fsp3) is 0.127. The highest BCUT2D eigenvalue weighted by Gasteiger charge is 2.51. The summed E-state index contributed by atoms with van der Waals surface area (Å²) in [6, 6.07) is 59.2. The van der Waals surface area contributed by atoms with Crippen LogP contribution in [0.15, 0.2) is 224 Å². The molecule has 0 amide bonds. The van der Waals surface area contributed by atoms with Crippen molar-refractivity contribution >= 4 is 28.3 Å². The summed E-state index contributed by atoms with van der Waals surface area (Å²) in [5.74, 6) is 0.760. The topological polar surface area (TPSA) is 47.9 Å². The molecule has 11 rings (SSSR count).